The van der Waals surface area contributed by atoms with Gasteiger partial charge in [-0.25, -0.2) is 8.78 Å². The van der Waals surface area contributed by atoms with Crippen molar-refractivity contribution in [2.75, 3.05) is 13.6 Å². The van der Waals surface area contributed by atoms with Gasteiger partial charge < -0.3 is 5.32 Å². The van der Waals surface area contributed by atoms with Crippen LogP contribution in [0, 0.1) is 0 Å². The Morgan fingerprint density at radius 3 is 2.29 bits per heavy atom. The van der Waals surface area contributed by atoms with Gasteiger partial charge in [-0.15, -0.1) is 11.8 Å². The van der Waals surface area contributed by atoms with Crippen LogP contribution in [0.5, 0.6) is 0 Å². The van der Waals surface area contributed by atoms with Crippen molar-refractivity contribution in [3.8, 4) is 0 Å². The number of halogens is 2. The summed E-state index contributed by atoms with van der Waals surface area (Å²) in [6.07, 6.45) is -0.166. The molecule has 1 aromatic carbocycles. The molecule has 0 aliphatic carbocycles. The minimum atomic E-state index is -2.75. The minimum Gasteiger partial charge on any atom is -0.320 e. The summed E-state index contributed by atoms with van der Waals surface area (Å²) in [6.45, 7) is 4.48. The van der Waals surface area contributed by atoms with Gasteiger partial charge in [0.2, 0.25) is 0 Å². The molecule has 4 heteroatoms. The van der Waals surface area contributed by atoms with E-state index >= 15 is 0 Å². The number of alkyl halides is 2. The van der Waals surface area contributed by atoms with Crippen LogP contribution >= 0.6 is 11.8 Å². The maximum absolute atomic E-state index is 13.7. The van der Waals surface area contributed by atoms with E-state index in [2.05, 4.69) is 19.2 Å². The van der Waals surface area contributed by atoms with Gasteiger partial charge in [0.15, 0.2) is 0 Å². The molecule has 17 heavy (non-hydrogen) atoms. The Kier molecular flexibility index (Phi) is 5.40. The molecule has 0 radical (unpaired) electrons. The third kappa shape index (κ3) is 4.64. The van der Waals surface area contributed by atoms with Crippen LogP contribution < -0.4 is 5.32 Å². The van der Waals surface area contributed by atoms with Crippen molar-refractivity contribution < 1.29 is 8.78 Å². The summed E-state index contributed by atoms with van der Waals surface area (Å²) in [7, 11) is 1.68. The number of nitrogens with one attached hydrogen (secondary N) is 1. The fraction of sp³-hybridized carbons (Fsp3) is 0.538. The largest absolute Gasteiger partial charge is 0.320 e. The van der Waals surface area contributed by atoms with Gasteiger partial charge in [0.05, 0.1) is 0 Å². The van der Waals surface area contributed by atoms with Crippen LogP contribution in [-0.2, 0) is 5.92 Å². The lowest BCUT2D eigenvalue weighted by atomic mass is 10.1. The zero-order valence-electron chi connectivity index (χ0n) is 10.5. The van der Waals surface area contributed by atoms with Gasteiger partial charge in [-0.1, -0.05) is 26.0 Å². The molecule has 0 saturated carbocycles. The summed E-state index contributed by atoms with van der Waals surface area (Å²) >= 11 is 1.68. The van der Waals surface area contributed by atoms with E-state index in [1.165, 1.54) is 12.1 Å². The SMILES string of the molecule is CNCCC(F)(F)c1ccc(SC(C)C)cc1. The number of thioether (sulfide) groups is 1. The average molecular weight is 259 g/mol. The van der Waals surface area contributed by atoms with E-state index in [1.54, 1.807) is 30.9 Å². The molecule has 0 atom stereocenters. The van der Waals surface area contributed by atoms with Crippen molar-refractivity contribution >= 4 is 11.8 Å². The lowest BCUT2D eigenvalue weighted by molar-refractivity contribution is -0.0124. The molecule has 0 saturated heterocycles. The molecule has 0 unspecified atom stereocenters. The predicted molar refractivity (Wildman–Crippen MR) is 69.9 cm³/mol. The number of rotatable bonds is 6. The first-order valence-corrected chi connectivity index (χ1v) is 6.63. The second-order valence-electron chi connectivity index (χ2n) is 4.25. The summed E-state index contributed by atoms with van der Waals surface area (Å²) in [4.78, 5) is 1.04. The third-order valence-electron chi connectivity index (χ3n) is 2.34. The molecule has 0 fully saturated rings. The Bertz CT molecular complexity index is 336. The predicted octanol–water partition coefficient (Wildman–Crippen LogP) is 3.89. The van der Waals surface area contributed by atoms with E-state index in [4.69, 9.17) is 0 Å². The van der Waals surface area contributed by atoms with E-state index in [-0.39, 0.29) is 12.0 Å². The molecule has 0 spiro atoms. The zero-order chi connectivity index (χ0) is 12.9. The summed E-state index contributed by atoms with van der Waals surface area (Å²) in [5.74, 6) is -2.75. The number of benzene rings is 1. The normalized spacial score (nSPS) is 12.1. The molecule has 96 valence electrons. The monoisotopic (exact) mass is 259 g/mol. The molecule has 1 nitrogen and oxygen atoms in total. The topological polar surface area (TPSA) is 12.0 Å². The summed E-state index contributed by atoms with van der Waals surface area (Å²) in [5.41, 5.74) is 0.0980. The quantitative estimate of drug-likeness (QED) is 0.778. The zero-order valence-corrected chi connectivity index (χ0v) is 11.3. The highest BCUT2D eigenvalue weighted by atomic mass is 32.2. The van der Waals surface area contributed by atoms with Crippen LogP contribution in [0.1, 0.15) is 25.8 Å². The first-order valence-electron chi connectivity index (χ1n) is 5.75. The van der Waals surface area contributed by atoms with Crippen molar-refractivity contribution in [3.05, 3.63) is 29.8 Å². The average Bonchev–Trinajstić information content (AvgIpc) is 2.26. The lowest BCUT2D eigenvalue weighted by Gasteiger charge is -2.17. The summed E-state index contributed by atoms with van der Waals surface area (Å²) < 4.78 is 27.4. The van der Waals surface area contributed by atoms with Crippen molar-refractivity contribution in [1.82, 2.24) is 5.32 Å². The Morgan fingerprint density at radius 2 is 1.82 bits per heavy atom. The molecular formula is C13H19F2NS. The lowest BCUT2D eigenvalue weighted by Crippen LogP contribution is -2.20. The fourth-order valence-electron chi connectivity index (χ4n) is 1.48. The van der Waals surface area contributed by atoms with E-state index in [9.17, 15) is 8.78 Å². The van der Waals surface area contributed by atoms with Crippen LogP contribution in [-0.4, -0.2) is 18.8 Å². The van der Waals surface area contributed by atoms with E-state index in [0.717, 1.165) is 4.90 Å². The van der Waals surface area contributed by atoms with E-state index < -0.39 is 5.92 Å². The first kappa shape index (κ1) is 14.5. The maximum Gasteiger partial charge on any atom is 0.274 e. The van der Waals surface area contributed by atoms with Crippen LogP contribution in [0.2, 0.25) is 0 Å². The van der Waals surface area contributed by atoms with Gasteiger partial charge in [-0.05, 0) is 19.2 Å². The Balaban J connectivity index is 2.72. The molecule has 0 aromatic heterocycles. The Labute approximate surface area is 106 Å². The van der Waals surface area contributed by atoms with E-state index in [1.807, 2.05) is 0 Å². The van der Waals surface area contributed by atoms with Gasteiger partial charge >= 0.3 is 0 Å². The van der Waals surface area contributed by atoms with Gasteiger partial charge in [-0.3, -0.25) is 0 Å². The van der Waals surface area contributed by atoms with Gasteiger partial charge in [-0.2, -0.15) is 0 Å². The number of hydrogen-bond donors (Lipinski definition) is 1. The standard InChI is InChI=1S/C13H19F2NS/c1-10(2)17-12-6-4-11(5-7-12)13(14,15)8-9-16-3/h4-7,10,16H,8-9H2,1-3H3. The third-order valence-corrected chi connectivity index (χ3v) is 3.35. The second-order valence-corrected chi connectivity index (χ2v) is 5.90. The van der Waals surface area contributed by atoms with Crippen LogP contribution in [0.3, 0.4) is 0 Å². The molecular weight excluding hydrogens is 240 g/mol. The minimum absolute atomic E-state index is 0.0980. The second kappa shape index (κ2) is 6.36. The fourth-order valence-corrected chi connectivity index (χ4v) is 2.31. The molecule has 1 rings (SSSR count). The number of hydrogen-bond acceptors (Lipinski definition) is 2. The van der Waals surface area contributed by atoms with Gasteiger partial charge in [0.25, 0.3) is 5.92 Å². The van der Waals surface area contributed by atoms with Crippen LogP contribution in [0.25, 0.3) is 0 Å². The molecule has 0 heterocycles. The maximum atomic E-state index is 13.7. The molecule has 1 aromatic rings. The Morgan fingerprint density at radius 1 is 1.24 bits per heavy atom. The molecule has 0 aliphatic heterocycles. The van der Waals surface area contributed by atoms with Crippen molar-refractivity contribution in [2.45, 2.75) is 36.3 Å². The smallest absolute Gasteiger partial charge is 0.274 e. The summed E-state index contributed by atoms with van der Waals surface area (Å²) in [6, 6.07) is 6.60. The molecule has 0 bridgehead atoms. The molecule has 1 N–H and O–H groups in total. The first-order chi connectivity index (χ1) is 7.95. The van der Waals surface area contributed by atoms with Gasteiger partial charge in [0, 0.05) is 28.7 Å². The summed E-state index contributed by atoms with van der Waals surface area (Å²) in [5, 5.41) is 3.21. The van der Waals surface area contributed by atoms with Crippen molar-refractivity contribution in [1.29, 1.82) is 0 Å². The highest BCUT2D eigenvalue weighted by Gasteiger charge is 2.30. The molecule has 0 amide bonds. The highest BCUT2D eigenvalue weighted by Crippen LogP contribution is 2.33. The van der Waals surface area contributed by atoms with Crippen LogP contribution in [0.15, 0.2) is 29.2 Å². The van der Waals surface area contributed by atoms with Crippen LogP contribution in [0.4, 0.5) is 8.78 Å². The highest BCUT2D eigenvalue weighted by molar-refractivity contribution is 7.99. The van der Waals surface area contributed by atoms with Gasteiger partial charge in [0.1, 0.15) is 0 Å². The van der Waals surface area contributed by atoms with Crippen molar-refractivity contribution in [2.24, 2.45) is 0 Å². The van der Waals surface area contributed by atoms with E-state index in [0.29, 0.717) is 11.8 Å². The van der Waals surface area contributed by atoms with Crippen molar-refractivity contribution in [3.63, 3.8) is 0 Å². The molecule has 0 aliphatic rings. The Hall–Kier alpha value is -0.610.